The second kappa shape index (κ2) is 7.22. The summed E-state index contributed by atoms with van der Waals surface area (Å²) in [7, 11) is 3.94. The summed E-state index contributed by atoms with van der Waals surface area (Å²) in [6, 6.07) is 14.2. The third-order valence-electron chi connectivity index (χ3n) is 4.45. The minimum atomic E-state index is -0.279. The summed E-state index contributed by atoms with van der Waals surface area (Å²) in [6.45, 7) is 2.28. The highest BCUT2D eigenvalue weighted by Gasteiger charge is 2.18. The SMILES string of the molecule is Cc1c(-c2noc(-c3cccc(N(C)C)c3)n2)nnn1Cc1cccc(F)c1. The molecule has 0 unspecified atom stereocenters. The van der Waals surface area contributed by atoms with Crippen LogP contribution in [0.3, 0.4) is 0 Å². The zero-order chi connectivity index (χ0) is 19.7. The predicted octanol–water partition coefficient (Wildman–Crippen LogP) is 3.56. The van der Waals surface area contributed by atoms with E-state index in [2.05, 4.69) is 20.5 Å². The molecule has 142 valence electrons. The molecular formula is C20H19FN6O. The van der Waals surface area contributed by atoms with Crippen LogP contribution in [0.25, 0.3) is 23.0 Å². The Labute approximate surface area is 161 Å². The van der Waals surface area contributed by atoms with Gasteiger partial charge in [0.2, 0.25) is 5.82 Å². The fraction of sp³-hybridized carbons (Fsp3) is 0.200. The quantitative estimate of drug-likeness (QED) is 0.529. The van der Waals surface area contributed by atoms with Crippen molar-refractivity contribution in [3.05, 3.63) is 65.6 Å². The second-order valence-corrected chi connectivity index (χ2v) is 6.68. The van der Waals surface area contributed by atoms with E-state index in [0.717, 1.165) is 22.5 Å². The standard InChI is InChI=1S/C20H19FN6O/c1-13-18(23-25-27(13)12-14-6-4-8-16(21)10-14)19-22-20(28-24-19)15-7-5-9-17(11-15)26(2)3/h4-11H,12H2,1-3H3. The van der Waals surface area contributed by atoms with Gasteiger partial charge in [-0.3, -0.25) is 0 Å². The fourth-order valence-corrected chi connectivity index (χ4v) is 2.88. The lowest BCUT2D eigenvalue weighted by atomic mass is 10.2. The number of hydrogen-bond acceptors (Lipinski definition) is 6. The van der Waals surface area contributed by atoms with E-state index < -0.39 is 0 Å². The zero-order valence-electron chi connectivity index (χ0n) is 15.8. The molecule has 0 aliphatic heterocycles. The molecule has 0 fully saturated rings. The number of aromatic nitrogens is 5. The molecule has 2 aromatic heterocycles. The van der Waals surface area contributed by atoms with Crippen LogP contribution in [0.15, 0.2) is 53.1 Å². The Kier molecular flexibility index (Phi) is 4.60. The Morgan fingerprint density at radius 1 is 1.11 bits per heavy atom. The second-order valence-electron chi connectivity index (χ2n) is 6.68. The van der Waals surface area contributed by atoms with E-state index in [-0.39, 0.29) is 5.82 Å². The molecule has 0 bridgehead atoms. The molecule has 4 aromatic rings. The van der Waals surface area contributed by atoms with Crippen LogP contribution in [0.2, 0.25) is 0 Å². The first-order valence-electron chi connectivity index (χ1n) is 8.77. The molecular weight excluding hydrogens is 359 g/mol. The van der Waals surface area contributed by atoms with E-state index in [4.69, 9.17) is 4.52 Å². The molecule has 0 aliphatic rings. The molecule has 0 amide bonds. The summed E-state index contributed by atoms with van der Waals surface area (Å²) in [5, 5.41) is 12.4. The topological polar surface area (TPSA) is 72.9 Å². The minimum absolute atomic E-state index is 0.279. The van der Waals surface area contributed by atoms with Crippen molar-refractivity contribution in [1.29, 1.82) is 0 Å². The van der Waals surface area contributed by atoms with Crippen LogP contribution >= 0.6 is 0 Å². The third-order valence-corrected chi connectivity index (χ3v) is 4.45. The summed E-state index contributed by atoms with van der Waals surface area (Å²) in [5.41, 5.74) is 3.98. The molecule has 2 heterocycles. The highest BCUT2D eigenvalue weighted by Crippen LogP contribution is 2.25. The van der Waals surface area contributed by atoms with Crippen molar-refractivity contribution >= 4 is 5.69 Å². The van der Waals surface area contributed by atoms with Crippen LogP contribution in [-0.2, 0) is 6.54 Å². The summed E-state index contributed by atoms with van der Waals surface area (Å²) < 4.78 is 20.5. The average molecular weight is 378 g/mol. The summed E-state index contributed by atoms with van der Waals surface area (Å²) in [6.07, 6.45) is 0. The van der Waals surface area contributed by atoms with Crippen molar-refractivity contribution in [3.8, 4) is 23.0 Å². The Bertz CT molecular complexity index is 1120. The smallest absolute Gasteiger partial charge is 0.258 e. The highest BCUT2D eigenvalue weighted by molar-refractivity contribution is 5.63. The van der Waals surface area contributed by atoms with Crippen LogP contribution < -0.4 is 4.90 Å². The highest BCUT2D eigenvalue weighted by atomic mass is 19.1. The maximum absolute atomic E-state index is 13.4. The van der Waals surface area contributed by atoms with Gasteiger partial charge in [-0.05, 0) is 42.8 Å². The summed E-state index contributed by atoms with van der Waals surface area (Å²) in [5.74, 6) is 0.504. The van der Waals surface area contributed by atoms with E-state index in [1.165, 1.54) is 12.1 Å². The number of halogens is 1. The van der Waals surface area contributed by atoms with Gasteiger partial charge in [-0.15, -0.1) is 5.10 Å². The van der Waals surface area contributed by atoms with Crippen molar-refractivity contribution in [2.45, 2.75) is 13.5 Å². The third kappa shape index (κ3) is 3.48. The van der Waals surface area contributed by atoms with E-state index >= 15 is 0 Å². The van der Waals surface area contributed by atoms with Gasteiger partial charge in [0.15, 0.2) is 5.69 Å². The van der Waals surface area contributed by atoms with Gasteiger partial charge in [0.05, 0.1) is 12.2 Å². The Morgan fingerprint density at radius 2 is 1.93 bits per heavy atom. The molecule has 0 saturated carbocycles. The van der Waals surface area contributed by atoms with Crippen LogP contribution in [0.1, 0.15) is 11.3 Å². The molecule has 7 nitrogen and oxygen atoms in total. The van der Waals surface area contributed by atoms with Crippen molar-refractivity contribution in [2.24, 2.45) is 0 Å². The molecule has 0 spiro atoms. The maximum atomic E-state index is 13.4. The van der Waals surface area contributed by atoms with Gasteiger partial charge in [-0.25, -0.2) is 9.07 Å². The van der Waals surface area contributed by atoms with Crippen molar-refractivity contribution in [3.63, 3.8) is 0 Å². The van der Waals surface area contributed by atoms with E-state index in [1.807, 2.05) is 56.3 Å². The number of hydrogen-bond donors (Lipinski definition) is 0. The van der Waals surface area contributed by atoms with Gasteiger partial charge in [0.25, 0.3) is 5.89 Å². The zero-order valence-corrected chi connectivity index (χ0v) is 15.8. The first kappa shape index (κ1) is 17.8. The number of rotatable bonds is 5. The van der Waals surface area contributed by atoms with Crippen molar-refractivity contribution < 1.29 is 8.91 Å². The summed E-state index contributed by atoms with van der Waals surface area (Å²) in [4.78, 5) is 6.48. The largest absolute Gasteiger partial charge is 0.378 e. The maximum Gasteiger partial charge on any atom is 0.258 e. The van der Waals surface area contributed by atoms with Gasteiger partial charge >= 0.3 is 0 Å². The normalized spacial score (nSPS) is 11.0. The minimum Gasteiger partial charge on any atom is -0.378 e. The average Bonchev–Trinajstić information content (AvgIpc) is 3.29. The molecule has 2 aromatic carbocycles. The fourth-order valence-electron chi connectivity index (χ4n) is 2.88. The molecule has 0 saturated heterocycles. The lowest BCUT2D eigenvalue weighted by Crippen LogP contribution is -2.08. The first-order valence-corrected chi connectivity index (χ1v) is 8.77. The Balaban J connectivity index is 1.61. The molecule has 4 rings (SSSR count). The van der Waals surface area contributed by atoms with Crippen LogP contribution in [0.5, 0.6) is 0 Å². The lowest BCUT2D eigenvalue weighted by molar-refractivity contribution is 0.432. The monoisotopic (exact) mass is 378 g/mol. The summed E-state index contributed by atoms with van der Waals surface area (Å²) >= 11 is 0. The van der Waals surface area contributed by atoms with Gasteiger partial charge in [-0.1, -0.05) is 28.6 Å². The number of nitrogens with zero attached hydrogens (tertiary/aromatic N) is 6. The van der Waals surface area contributed by atoms with Gasteiger partial charge in [0.1, 0.15) is 5.82 Å². The molecule has 0 aliphatic carbocycles. The Morgan fingerprint density at radius 3 is 2.71 bits per heavy atom. The van der Waals surface area contributed by atoms with Gasteiger partial charge in [-0.2, -0.15) is 4.98 Å². The van der Waals surface area contributed by atoms with E-state index in [1.54, 1.807) is 10.7 Å². The van der Waals surface area contributed by atoms with Crippen molar-refractivity contribution in [1.82, 2.24) is 25.1 Å². The first-order chi connectivity index (χ1) is 13.5. The van der Waals surface area contributed by atoms with Crippen LogP contribution in [-0.4, -0.2) is 39.2 Å². The van der Waals surface area contributed by atoms with Crippen LogP contribution in [0.4, 0.5) is 10.1 Å². The van der Waals surface area contributed by atoms with Crippen LogP contribution in [0, 0.1) is 12.7 Å². The molecule has 0 atom stereocenters. The number of anilines is 1. The lowest BCUT2D eigenvalue weighted by Gasteiger charge is -2.12. The van der Waals surface area contributed by atoms with E-state index in [9.17, 15) is 4.39 Å². The number of benzene rings is 2. The molecule has 0 radical (unpaired) electrons. The van der Waals surface area contributed by atoms with Gasteiger partial charge < -0.3 is 9.42 Å². The molecule has 8 heteroatoms. The van der Waals surface area contributed by atoms with Gasteiger partial charge in [0, 0.05) is 25.3 Å². The molecule has 28 heavy (non-hydrogen) atoms. The van der Waals surface area contributed by atoms with Crippen molar-refractivity contribution in [2.75, 3.05) is 19.0 Å². The Hall–Kier alpha value is -3.55. The van der Waals surface area contributed by atoms with E-state index in [0.29, 0.717) is 24.0 Å². The molecule has 0 N–H and O–H groups in total. The predicted molar refractivity (Wildman–Crippen MR) is 103 cm³/mol.